The van der Waals surface area contributed by atoms with Crippen LogP contribution in [0.15, 0.2) is 18.5 Å². The van der Waals surface area contributed by atoms with Crippen molar-refractivity contribution in [1.29, 1.82) is 0 Å². The molecule has 1 saturated carbocycles. The molecule has 3 heterocycles. The largest absolute Gasteiger partial charge is 0.444 e. The number of amides is 2. The second-order valence-electron chi connectivity index (χ2n) is 8.99. The van der Waals surface area contributed by atoms with Crippen LogP contribution in [-0.2, 0) is 9.53 Å². The van der Waals surface area contributed by atoms with Gasteiger partial charge in [0, 0.05) is 36.6 Å². The van der Waals surface area contributed by atoms with Gasteiger partial charge in [0.05, 0.1) is 17.6 Å². The second kappa shape index (κ2) is 7.57. The van der Waals surface area contributed by atoms with Crippen molar-refractivity contribution in [1.82, 2.24) is 15.3 Å². The minimum Gasteiger partial charge on any atom is -0.444 e. The normalized spacial score (nSPS) is 19.8. The van der Waals surface area contributed by atoms with Gasteiger partial charge in [-0.2, -0.15) is 0 Å². The van der Waals surface area contributed by atoms with E-state index in [2.05, 4.69) is 31.6 Å². The number of aromatic amines is 1. The molecule has 1 saturated heterocycles. The number of anilines is 2. The molecule has 0 spiro atoms. The van der Waals surface area contributed by atoms with Crippen LogP contribution in [0.3, 0.4) is 0 Å². The van der Waals surface area contributed by atoms with E-state index in [4.69, 9.17) is 4.74 Å². The van der Waals surface area contributed by atoms with Crippen LogP contribution in [0.1, 0.15) is 46.5 Å². The molecule has 156 valence electrons. The van der Waals surface area contributed by atoms with E-state index in [1.165, 1.54) is 0 Å². The second-order valence-corrected chi connectivity index (χ2v) is 8.99. The Morgan fingerprint density at radius 2 is 2.07 bits per heavy atom. The van der Waals surface area contributed by atoms with Gasteiger partial charge in [0.15, 0.2) is 0 Å². The first-order chi connectivity index (χ1) is 13.8. The first-order valence-electron chi connectivity index (χ1n) is 10.3. The van der Waals surface area contributed by atoms with Gasteiger partial charge in [-0.3, -0.25) is 4.79 Å². The molecule has 0 aromatic carbocycles. The quantitative estimate of drug-likeness (QED) is 0.732. The van der Waals surface area contributed by atoms with Crippen LogP contribution in [0.25, 0.3) is 11.0 Å². The van der Waals surface area contributed by atoms with Crippen LogP contribution < -0.4 is 15.5 Å². The topological polar surface area (TPSA) is 99.3 Å². The lowest BCUT2D eigenvalue weighted by atomic mass is 10.1. The van der Waals surface area contributed by atoms with E-state index < -0.39 is 5.60 Å². The van der Waals surface area contributed by atoms with Crippen molar-refractivity contribution < 1.29 is 14.3 Å². The lowest BCUT2D eigenvalue weighted by Crippen LogP contribution is -2.49. The highest BCUT2D eigenvalue weighted by atomic mass is 16.6. The van der Waals surface area contributed by atoms with Crippen molar-refractivity contribution >= 4 is 34.4 Å². The van der Waals surface area contributed by atoms with Crippen molar-refractivity contribution in [3.63, 3.8) is 0 Å². The first kappa shape index (κ1) is 19.5. The molecular formula is C21H29N5O3. The van der Waals surface area contributed by atoms with E-state index in [-0.39, 0.29) is 24.0 Å². The molecule has 1 atom stereocenters. The number of alkyl carbamates (subject to hydrolysis) is 1. The van der Waals surface area contributed by atoms with Gasteiger partial charge in [-0.15, -0.1) is 0 Å². The van der Waals surface area contributed by atoms with Gasteiger partial charge in [0.2, 0.25) is 5.91 Å². The number of rotatable bonds is 4. The van der Waals surface area contributed by atoms with E-state index in [1.54, 1.807) is 6.20 Å². The molecule has 8 nitrogen and oxygen atoms in total. The summed E-state index contributed by atoms with van der Waals surface area (Å²) in [4.78, 5) is 34.1. The monoisotopic (exact) mass is 399 g/mol. The fourth-order valence-corrected chi connectivity index (χ4v) is 3.65. The maximum atomic E-state index is 12.1. The zero-order chi connectivity index (χ0) is 20.6. The zero-order valence-corrected chi connectivity index (χ0v) is 17.2. The number of H-pyrrole nitrogens is 1. The summed E-state index contributed by atoms with van der Waals surface area (Å²) in [5.74, 6) is 0.230. The number of hydrogen-bond donors (Lipinski definition) is 3. The van der Waals surface area contributed by atoms with Crippen molar-refractivity contribution in [3.05, 3.63) is 18.5 Å². The molecule has 1 aliphatic heterocycles. The summed E-state index contributed by atoms with van der Waals surface area (Å²) < 4.78 is 5.38. The molecule has 29 heavy (non-hydrogen) atoms. The van der Waals surface area contributed by atoms with E-state index in [0.29, 0.717) is 6.54 Å². The highest BCUT2D eigenvalue weighted by Crippen LogP contribution is 2.32. The van der Waals surface area contributed by atoms with E-state index in [1.807, 2.05) is 27.0 Å². The maximum absolute atomic E-state index is 12.1. The Bertz CT molecular complexity index is 913. The number of pyridine rings is 1. The van der Waals surface area contributed by atoms with Crippen molar-refractivity contribution in [2.45, 2.75) is 58.1 Å². The van der Waals surface area contributed by atoms with Crippen LogP contribution >= 0.6 is 0 Å². The standard InChI is InChI=1S/C21H29N5O3/c1-21(2,3)29-20(28)24-14-5-4-8-26(12-14)15-9-16-17(11-23-18(16)22-10-15)25-19(27)13-6-7-13/h9-11,13-14H,4-8,12H2,1-3H3,(H,22,23)(H,24,28)(H,25,27)/t14-/m1/s1. The number of fused-ring (bicyclic) bond motifs is 1. The van der Waals surface area contributed by atoms with Gasteiger partial charge in [-0.25, -0.2) is 9.78 Å². The first-order valence-corrected chi connectivity index (χ1v) is 10.3. The number of nitrogens with one attached hydrogen (secondary N) is 3. The molecule has 2 aromatic heterocycles. The number of piperidine rings is 1. The summed E-state index contributed by atoms with van der Waals surface area (Å²) in [5, 5.41) is 6.89. The molecular weight excluding hydrogens is 370 g/mol. The summed E-state index contributed by atoms with van der Waals surface area (Å²) >= 11 is 0. The summed E-state index contributed by atoms with van der Waals surface area (Å²) in [7, 11) is 0. The van der Waals surface area contributed by atoms with Gasteiger partial charge < -0.3 is 25.3 Å². The minimum atomic E-state index is -0.511. The predicted molar refractivity (Wildman–Crippen MR) is 112 cm³/mol. The Morgan fingerprint density at radius 1 is 1.28 bits per heavy atom. The molecule has 4 rings (SSSR count). The number of hydrogen-bond acceptors (Lipinski definition) is 5. The zero-order valence-electron chi connectivity index (χ0n) is 17.2. The van der Waals surface area contributed by atoms with Gasteiger partial charge in [-0.1, -0.05) is 0 Å². The summed E-state index contributed by atoms with van der Waals surface area (Å²) in [6.07, 6.45) is 7.07. The number of carbonyl (C=O) groups excluding carboxylic acids is 2. The average molecular weight is 399 g/mol. The number of aromatic nitrogens is 2. The van der Waals surface area contributed by atoms with Crippen LogP contribution in [0.4, 0.5) is 16.2 Å². The number of nitrogens with zero attached hydrogens (tertiary/aromatic N) is 2. The van der Waals surface area contributed by atoms with Gasteiger partial charge in [-0.05, 0) is 52.5 Å². The third-order valence-electron chi connectivity index (χ3n) is 5.23. The van der Waals surface area contributed by atoms with Crippen LogP contribution in [0, 0.1) is 5.92 Å². The van der Waals surface area contributed by atoms with E-state index in [0.717, 1.165) is 54.6 Å². The smallest absolute Gasteiger partial charge is 0.407 e. The summed E-state index contributed by atoms with van der Waals surface area (Å²) in [6, 6.07) is 2.08. The van der Waals surface area contributed by atoms with Crippen molar-refractivity contribution in [3.8, 4) is 0 Å². The molecule has 1 aliphatic carbocycles. The molecule has 8 heteroatoms. The van der Waals surface area contributed by atoms with Gasteiger partial charge in [0.25, 0.3) is 0 Å². The molecule has 2 aromatic rings. The lowest BCUT2D eigenvalue weighted by molar-refractivity contribution is -0.117. The fraction of sp³-hybridized carbons (Fsp3) is 0.571. The Morgan fingerprint density at radius 3 is 2.79 bits per heavy atom. The Hall–Kier alpha value is -2.77. The third-order valence-corrected chi connectivity index (χ3v) is 5.23. The summed E-state index contributed by atoms with van der Waals surface area (Å²) in [5.41, 5.74) is 1.99. The summed E-state index contributed by atoms with van der Waals surface area (Å²) in [6.45, 7) is 7.17. The van der Waals surface area contributed by atoms with Crippen LogP contribution in [0.5, 0.6) is 0 Å². The van der Waals surface area contributed by atoms with Crippen LogP contribution in [-0.4, -0.2) is 46.7 Å². The molecule has 2 fully saturated rings. The Balaban J connectivity index is 1.45. The van der Waals surface area contributed by atoms with Gasteiger partial charge in [0.1, 0.15) is 11.2 Å². The number of carbonyl (C=O) groups is 2. The molecule has 2 aliphatic rings. The highest BCUT2D eigenvalue weighted by molar-refractivity contribution is 6.02. The Labute approximate surface area is 170 Å². The molecule has 0 radical (unpaired) electrons. The third kappa shape index (κ3) is 4.81. The maximum Gasteiger partial charge on any atom is 0.407 e. The molecule has 3 N–H and O–H groups in total. The SMILES string of the molecule is CC(C)(C)OC(=O)N[C@@H]1CCCN(c2cnc3[nH]cc(NC(=O)C4CC4)c3c2)C1. The number of ether oxygens (including phenoxy) is 1. The fourth-order valence-electron chi connectivity index (χ4n) is 3.65. The molecule has 2 amide bonds. The molecule has 0 bridgehead atoms. The van der Waals surface area contributed by atoms with Crippen LogP contribution in [0.2, 0.25) is 0 Å². The van der Waals surface area contributed by atoms with Crippen molar-refractivity contribution in [2.24, 2.45) is 5.92 Å². The minimum absolute atomic E-state index is 0.0227. The van der Waals surface area contributed by atoms with Gasteiger partial charge >= 0.3 is 6.09 Å². The lowest BCUT2D eigenvalue weighted by Gasteiger charge is -2.35. The van der Waals surface area contributed by atoms with E-state index in [9.17, 15) is 9.59 Å². The van der Waals surface area contributed by atoms with E-state index >= 15 is 0 Å². The predicted octanol–water partition coefficient (Wildman–Crippen LogP) is 3.40. The Kier molecular flexibility index (Phi) is 5.10. The average Bonchev–Trinajstić information content (AvgIpc) is 3.43. The molecule has 0 unspecified atom stereocenters. The van der Waals surface area contributed by atoms with Crippen molar-refractivity contribution in [2.75, 3.05) is 23.3 Å². The highest BCUT2D eigenvalue weighted by Gasteiger charge is 2.30.